The van der Waals surface area contributed by atoms with Crippen LogP contribution in [0, 0.1) is 5.92 Å². The number of phenols is 1. The number of benzene rings is 2. The summed E-state index contributed by atoms with van der Waals surface area (Å²) in [5.41, 5.74) is 2.75. The molecule has 1 aliphatic carbocycles. The van der Waals surface area contributed by atoms with Gasteiger partial charge in [0, 0.05) is 22.8 Å². The summed E-state index contributed by atoms with van der Waals surface area (Å²) < 4.78 is 0. The molecule has 0 bridgehead atoms. The minimum absolute atomic E-state index is 0.106. The topological polar surface area (TPSA) is 45.1 Å². The van der Waals surface area contributed by atoms with Crippen LogP contribution in [0.1, 0.15) is 43.7 Å². The van der Waals surface area contributed by atoms with Crippen molar-refractivity contribution in [1.29, 1.82) is 0 Å². The molecule has 0 amide bonds. The molecule has 128 valence electrons. The molecule has 3 heteroatoms. The van der Waals surface area contributed by atoms with Gasteiger partial charge in [-0.25, -0.2) is 0 Å². The Morgan fingerprint density at radius 3 is 2.52 bits per heavy atom. The Morgan fingerprint density at radius 1 is 0.920 bits per heavy atom. The number of pyridine rings is 1. The molecule has 25 heavy (non-hydrogen) atoms. The van der Waals surface area contributed by atoms with Gasteiger partial charge in [-0.2, -0.15) is 0 Å². The maximum atomic E-state index is 10.9. The van der Waals surface area contributed by atoms with E-state index in [-0.39, 0.29) is 6.04 Å². The van der Waals surface area contributed by atoms with E-state index in [9.17, 15) is 5.11 Å². The predicted octanol–water partition coefficient (Wildman–Crippen LogP) is 5.67. The van der Waals surface area contributed by atoms with Gasteiger partial charge in [0.15, 0.2) is 0 Å². The summed E-state index contributed by atoms with van der Waals surface area (Å²) in [6, 6.07) is 18.4. The van der Waals surface area contributed by atoms with Crippen LogP contribution in [0.5, 0.6) is 5.75 Å². The molecule has 1 saturated carbocycles. The van der Waals surface area contributed by atoms with Crippen molar-refractivity contribution in [3.05, 3.63) is 66.4 Å². The van der Waals surface area contributed by atoms with Crippen LogP contribution in [-0.4, -0.2) is 10.1 Å². The fourth-order valence-corrected chi connectivity index (χ4v) is 4.03. The first-order valence-electron chi connectivity index (χ1n) is 9.21. The van der Waals surface area contributed by atoms with Crippen molar-refractivity contribution in [3.8, 4) is 5.75 Å². The van der Waals surface area contributed by atoms with Gasteiger partial charge in [-0.3, -0.25) is 4.98 Å². The first-order chi connectivity index (χ1) is 12.3. The molecule has 0 aliphatic heterocycles. The molecule has 2 N–H and O–H groups in total. The number of aromatic nitrogens is 1. The number of nitrogens with one attached hydrogen (secondary N) is 1. The lowest BCUT2D eigenvalue weighted by atomic mass is 9.80. The van der Waals surface area contributed by atoms with Gasteiger partial charge in [-0.05, 0) is 37.0 Å². The molecule has 1 aliphatic rings. The Balaban J connectivity index is 1.75. The van der Waals surface area contributed by atoms with Gasteiger partial charge in [0.25, 0.3) is 0 Å². The Bertz CT molecular complexity index is 841. The standard InChI is InChI=1S/C22H24N2O/c25-22-19(14-13-17-10-7-15-23-21(17)22)20(16-8-3-1-4-9-16)24-18-11-5-2-6-12-18/h2,5-7,10-16,20,24-25H,1,3-4,8-9H2. The summed E-state index contributed by atoms with van der Waals surface area (Å²) in [6.07, 6.45) is 7.99. The molecule has 1 unspecified atom stereocenters. The van der Waals surface area contributed by atoms with Gasteiger partial charge < -0.3 is 10.4 Å². The van der Waals surface area contributed by atoms with Gasteiger partial charge in [0.2, 0.25) is 0 Å². The predicted molar refractivity (Wildman–Crippen MR) is 103 cm³/mol. The zero-order valence-corrected chi connectivity index (χ0v) is 14.4. The summed E-state index contributed by atoms with van der Waals surface area (Å²) in [4.78, 5) is 4.40. The monoisotopic (exact) mass is 332 g/mol. The number of hydrogen-bond donors (Lipinski definition) is 2. The zero-order chi connectivity index (χ0) is 17.1. The van der Waals surface area contributed by atoms with Crippen LogP contribution in [0.4, 0.5) is 5.69 Å². The van der Waals surface area contributed by atoms with E-state index < -0.39 is 0 Å². The number of phenolic OH excluding ortho intramolecular Hbond substituents is 1. The number of fused-ring (bicyclic) bond motifs is 1. The van der Waals surface area contributed by atoms with Crippen LogP contribution in [0.2, 0.25) is 0 Å². The largest absolute Gasteiger partial charge is 0.505 e. The molecule has 3 nitrogen and oxygen atoms in total. The van der Waals surface area contributed by atoms with E-state index in [4.69, 9.17) is 0 Å². The average molecular weight is 332 g/mol. The Kier molecular flexibility index (Phi) is 4.55. The summed E-state index contributed by atoms with van der Waals surface area (Å²) >= 11 is 0. The SMILES string of the molecule is Oc1c(C(Nc2ccccc2)C2CCCCC2)ccc2cccnc12. The second-order valence-electron chi connectivity index (χ2n) is 6.96. The molecule has 0 saturated heterocycles. The van der Waals surface area contributed by atoms with Crippen molar-refractivity contribution in [2.75, 3.05) is 5.32 Å². The Labute approximate surface area is 148 Å². The fourth-order valence-electron chi connectivity index (χ4n) is 4.03. The van der Waals surface area contributed by atoms with Crippen molar-refractivity contribution in [2.45, 2.75) is 38.1 Å². The summed E-state index contributed by atoms with van der Waals surface area (Å²) in [7, 11) is 0. The van der Waals surface area contributed by atoms with Gasteiger partial charge in [0.05, 0.1) is 6.04 Å². The van der Waals surface area contributed by atoms with Gasteiger partial charge in [-0.15, -0.1) is 0 Å². The van der Waals surface area contributed by atoms with Crippen LogP contribution in [0.25, 0.3) is 10.9 Å². The highest BCUT2D eigenvalue weighted by atomic mass is 16.3. The first-order valence-corrected chi connectivity index (χ1v) is 9.21. The lowest BCUT2D eigenvalue weighted by Gasteiger charge is -2.32. The molecule has 3 aromatic rings. The third-order valence-corrected chi connectivity index (χ3v) is 5.33. The van der Waals surface area contributed by atoms with E-state index in [1.165, 1.54) is 32.1 Å². The van der Waals surface area contributed by atoms with Crippen LogP contribution in [0.3, 0.4) is 0 Å². The molecule has 1 aromatic heterocycles. The molecule has 1 fully saturated rings. The smallest absolute Gasteiger partial charge is 0.147 e. The van der Waals surface area contributed by atoms with Gasteiger partial charge in [0.1, 0.15) is 11.3 Å². The number of nitrogens with zero attached hydrogens (tertiary/aromatic N) is 1. The molecule has 0 spiro atoms. The third kappa shape index (κ3) is 3.32. The zero-order valence-electron chi connectivity index (χ0n) is 14.4. The van der Waals surface area contributed by atoms with Crippen molar-refractivity contribution >= 4 is 16.6 Å². The summed E-state index contributed by atoms with van der Waals surface area (Å²) in [5, 5.41) is 15.6. The molecular weight excluding hydrogens is 308 g/mol. The molecule has 1 heterocycles. The van der Waals surface area contributed by atoms with Gasteiger partial charge >= 0.3 is 0 Å². The molecular formula is C22H24N2O. The average Bonchev–Trinajstić information content (AvgIpc) is 2.69. The molecule has 4 rings (SSSR count). The number of para-hydroxylation sites is 1. The summed E-state index contributed by atoms with van der Waals surface area (Å²) in [5.74, 6) is 0.845. The van der Waals surface area contributed by atoms with E-state index in [1.807, 2.05) is 30.3 Å². The molecule has 1 atom stereocenters. The van der Waals surface area contributed by atoms with E-state index >= 15 is 0 Å². The highest BCUT2D eigenvalue weighted by Gasteiger charge is 2.28. The minimum atomic E-state index is 0.106. The van der Waals surface area contributed by atoms with Crippen LogP contribution < -0.4 is 5.32 Å². The fraction of sp³-hybridized carbons (Fsp3) is 0.318. The quantitative estimate of drug-likeness (QED) is 0.646. The Morgan fingerprint density at radius 2 is 1.72 bits per heavy atom. The highest BCUT2D eigenvalue weighted by molar-refractivity contribution is 5.85. The molecule has 0 radical (unpaired) electrons. The van der Waals surface area contributed by atoms with Crippen molar-refractivity contribution in [1.82, 2.24) is 4.98 Å². The van der Waals surface area contributed by atoms with Gasteiger partial charge in [-0.1, -0.05) is 55.7 Å². The normalized spacial score (nSPS) is 16.6. The Hall–Kier alpha value is -2.55. The van der Waals surface area contributed by atoms with Crippen LogP contribution in [-0.2, 0) is 0 Å². The maximum absolute atomic E-state index is 10.9. The molecule has 2 aromatic carbocycles. The maximum Gasteiger partial charge on any atom is 0.147 e. The second-order valence-corrected chi connectivity index (χ2v) is 6.96. The summed E-state index contributed by atoms with van der Waals surface area (Å²) in [6.45, 7) is 0. The number of hydrogen-bond acceptors (Lipinski definition) is 3. The lowest BCUT2D eigenvalue weighted by molar-refractivity contribution is 0.316. The highest BCUT2D eigenvalue weighted by Crippen LogP contribution is 2.41. The second kappa shape index (κ2) is 7.14. The van der Waals surface area contributed by atoms with Crippen molar-refractivity contribution in [2.24, 2.45) is 5.92 Å². The minimum Gasteiger partial charge on any atom is -0.505 e. The third-order valence-electron chi connectivity index (χ3n) is 5.33. The van der Waals surface area contributed by atoms with E-state index in [0.29, 0.717) is 17.2 Å². The van der Waals surface area contributed by atoms with Crippen LogP contribution >= 0.6 is 0 Å². The number of aromatic hydroxyl groups is 1. The van der Waals surface area contributed by atoms with Crippen molar-refractivity contribution in [3.63, 3.8) is 0 Å². The lowest BCUT2D eigenvalue weighted by Crippen LogP contribution is -2.23. The number of anilines is 1. The van der Waals surface area contributed by atoms with E-state index in [0.717, 1.165) is 16.6 Å². The van der Waals surface area contributed by atoms with E-state index in [2.05, 4.69) is 34.6 Å². The van der Waals surface area contributed by atoms with Crippen LogP contribution in [0.15, 0.2) is 60.8 Å². The first kappa shape index (κ1) is 15.9. The van der Waals surface area contributed by atoms with E-state index in [1.54, 1.807) is 6.20 Å². The van der Waals surface area contributed by atoms with Crippen molar-refractivity contribution < 1.29 is 5.11 Å². The number of rotatable bonds is 4.